The van der Waals surface area contributed by atoms with E-state index < -0.39 is 117 Å². The molecular formula is C19H32O18. The Morgan fingerprint density at radius 3 is 1.76 bits per heavy atom. The molecule has 18 heteroatoms. The molecule has 12 N–H and O–H groups in total. The van der Waals surface area contributed by atoms with Crippen LogP contribution in [0.2, 0.25) is 0 Å². The van der Waals surface area contributed by atoms with Gasteiger partial charge in [0.1, 0.15) is 73.2 Å². The van der Waals surface area contributed by atoms with Crippen molar-refractivity contribution in [1.29, 1.82) is 0 Å². The second kappa shape index (κ2) is 11.9. The second-order valence-corrected chi connectivity index (χ2v) is 8.86. The SMILES string of the molecule is O=C(O)C1(O[C@H]2[C@H](O)[C@@H](O)C(O[C@H]3[C@H](O)[C@@H](O)[C@@H](O)O[C@@H]3CO)O[C@@H]2CO)O[C@H](CO)[C@@H](O)[C@H](O)[C@H]1O. The number of aliphatic hydroxyl groups excluding tert-OH is 11. The molecule has 0 spiro atoms. The maximum Gasteiger partial charge on any atom is 0.367 e. The first kappa shape index (κ1) is 30.4. The first-order valence-corrected chi connectivity index (χ1v) is 11.2. The molecular weight excluding hydrogens is 516 g/mol. The zero-order valence-corrected chi connectivity index (χ0v) is 19.0. The van der Waals surface area contributed by atoms with Gasteiger partial charge in [-0.1, -0.05) is 0 Å². The van der Waals surface area contributed by atoms with Gasteiger partial charge in [-0.05, 0) is 0 Å². The van der Waals surface area contributed by atoms with Gasteiger partial charge < -0.3 is 85.0 Å². The Labute approximate surface area is 208 Å². The van der Waals surface area contributed by atoms with Crippen LogP contribution in [0.25, 0.3) is 0 Å². The van der Waals surface area contributed by atoms with Crippen LogP contribution in [0.3, 0.4) is 0 Å². The van der Waals surface area contributed by atoms with Gasteiger partial charge in [-0.25, -0.2) is 4.79 Å². The molecule has 15 atom stereocenters. The van der Waals surface area contributed by atoms with Gasteiger partial charge in [0.25, 0.3) is 5.79 Å². The van der Waals surface area contributed by atoms with E-state index in [1.165, 1.54) is 0 Å². The Hall–Kier alpha value is -1.17. The summed E-state index contributed by atoms with van der Waals surface area (Å²) in [5.74, 6) is -5.29. The highest BCUT2D eigenvalue weighted by Crippen LogP contribution is 2.37. The summed E-state index contributed by atoms with van der Waals surface area (Å²) in [5, 5.41) is 120. The summed E-state index contributed by atoms with van der Waals surface area (Å²) in [6.45, 7) is -2.88. The van der Waals surface area contributed by atoms with E-state index in [0.717, 1.165) is 0 Å². The molecule has 0 bridgehead atoms. The summed E-state index contributed by atoms with van der Waals surface area (Å²) in [6.07, 6.45) is -27.1. The summed E-state index contributed by atoms with van der Waals surface area (Å²) >= 11 is 0. The monoisotopic (exact) mass is 548 g/mol. The molecule has 216 valence electrons. The molecule has 18 nitrogen and oxygen atoms in total. The molecule has 37 heavy (non-hydrogen) atoms. The van der Waals surface area contributed by atoms with Crippen LogP contribution in [0.4, 0.5) is 0 Å². The Balaban J connectivity index is 1.84. The molecule has 3 rings (SSSR count). The molecule has 2 unspecified atom stereocenters. The molecule has 0 aliphatic carbocycles. The van der Waals surface area contributed by atoms with Crippen molar-refractivity contribution in [2.24, 2.45) is 0 Å². The summed E-state index contributed by atoms with van der Waals surface area (Å²) in [6, 6.07) is 0. The van der Waals surface area contributed by atoms with Crippen molar-refractivity contribution in [3.8, 4) is 0 Å². The van der Waals surface area contributed by atoms with Crippen LogP contribution in [0.1, 0.15) is 0 Å². The smallest absolute Gasteiger partial charge is 0.367 e. The van der Waals surface area contributed by atoms with Crippen LogP contribution in [0.5, 0.6) is 0 Å². The molecule has 3 aliphatic rings. The average Bonchev–Trinajstić information content (AvgIpc) is 2.88. The molecule has 3 saturated heterocycles. The number of aliphatic carboxylic acids is 1. The lowest BCUT2D eigenvalue weighted by Crippen LogP contribution is -2.72. The van der Waals surface area contributed by atoms with Crippen LogP contribution in [-0.4, -0.2) is 179 Å². The van der Waals surface area contributed by atoms with Crippen molar-refractivity contribution in [1.82, 2.24) is 0 Å². The lowest BCUT2D eigenvalue weighted by molar-refractivity contribution is -0.400. The van der Waals surface area contributed by atoms with Crippen molar-refractivity contribution in [3.63, 3.8) is 0 Å². The quantitative estimate of drug-likeness (QED) is 0.134. The molecule has 0 aromatic rings. The van der Waals surface area contributed by atoms with Crippen LogP contribution >= 0.6 is 0 Å². The molecule has 0 aromatic carbocycles. The largest absolute Gasteiger partial charge is 0.477 e. The fourth-order valence-corrected chi connectivity index (χ4v) is 4.37. The summed E-state index contributed by atoms with van der Waals surface area (Å²) in [4.78, 5) is 12.1. The Kier molecular flexibility index (Phi) is 9.78. The predicted molar refractivity (Wildman–Crippen MR) is 108 cm³/mol. The first-order valence-electron chi connectivity index (χ1n) is 11.2. The third-order valence-corrected chi connectivity index (χ3v) is 6.51. The minimum atomic E-state index is -3.22. The lowest BCUT2D eigenvalue weighted by Gasteiger charge is -2.50. The van der Waals surface area contributed by atoms with E-state index >= 15 is 0 Å². The molecule has 0 aromatic heterocycles. The molecule has 3 aliphatic heterocycles. The average molecular weight is 548 g/mol. The third-order valence-electron chi connectivity index (χ3n) is 6.51. The fourth-order valence-electron chi connectivity index (χ4n) is 4.37. The summed E-state index contributed by atoms with van der Waals surface area (Å²) in [7, 11) is 0. The van der Waals surface area contributed by atoms with Crippen molar-refractivity contribution in [3.05, 3.63) is 0 Å². The van der Waals surface area contributed by atoms with Gasteiger partial charge in [0, 0.05) is 0 Å². The van der Waals surface area contributed by atoms with E-state index in [4.69, 9.17) is 23.7 Å². The number of hydrogen-bond donors (Lipinski definition) is 12. The minimum absolute atomic E-state index is 0.831. The Morgan fingerprint density at radius 2 is 1.22 bits per heavy atom. The number of hydrogen-bond acceptors (Lipinski definition) is 17. The Bertz CT molecular complexity index is 765. The van der Waals surface area contributed by atoms with Gasteiger partial charge >= 0.3 is 5.97 Å². The zero-order valence-electron chi connectivity index (χ0n) is 19.0. The predicted octanol–water partition coefficient (Wildman–Crippen LogP) is -8.12. The summed E-state index contributed by atoms with van der Waals surface area (Å²) in [5.41, 5.74) is 0. The van der Waals surface area contributed by atoms with Crippen molar-refractivity contribution >= 4 is 5.97 Å². The number of aliphatic hydroxyl groups is 11. The highest BCUT2D eigenvalue weighted by molar-refractivity contribution is 5.77. The highest BCUT2D eigenvalue weighted by atomic mass is 16.8. The van der Waals surface area contributed by atoms with Gasteiger partial charge in [-0.3, -0.25) is 0 Å². The molecule has 0 saturated carbocycles. The maximum absolute atomic E-state index is 12.1. The maximum atomic E-state index is 12.1. The van der Waals surface area contributed by atoms with Gasteiger partial charge in [-0.2, -0.15) is 0 Å². The lowest BCUT2D eigenvalue weighted by atomic mass is 9.91. The summed E-state index contributed by atoms with van der Waals surface area (Å²) < 4.78 is 26.0. The van der Waals surface area contributed by atoms with Crippen LogP contribution < -0.4 is 0 Å². The van der Waals surface area contributed by atoms with E-state index in [1.807, 2.05) is 0 Å². The van der Waals surface area contributed by atoms with Gasteiger partial charge in [0.2, 0.25) is 0 Å². The van der Waals surface area contributed by atoms with Gasteiger partial charge in [0.05, 0.1) is 19.8 Å². The highest BCUT2D eigenvalue weighted by Gasteiger charge is 2.63. The third kappa shape index (κ3) is 5.47. The molecule has 0 radical (unpaired) electrons. The minimum Gasteiger partial charge on any atom is -0.477 e. The van der Waals surface area contributed by atoms with Crippen LogP contribution in [0.15, 0.2) is 0 Å². The standard InChI is InChI=1S/C19H32O18/c20-1-4-7(23)10(26)15(29)19(36-4,18(31)32)37-14-6(3-22)34-17(12(28)9(14)25)35-13-5(2-21)33-16(30)11(27)8(13)24/h4-17,20-30H,1-3H2,(H,31,32)/t4-,5-,6-,7-,8-,9-,10+,11-,12-,13-,14-,15-,16+,17?,19?/m1/s1. The number of ether oxygens (including phenoxy) is 5. The molecule has 3 heterocycles. The van der Waals surface area contributed by atoms with Crippen molar-refractivity contribution in [2.45, 2.75) is 91.6 Å². The zero-order chi connectivity index (χ0) is 27.8. The van der Waals surface area contributed by atoms with E-state index in [1.54, 1.807) is 0 Å². The number of carboxylic acid groups (broad SMARTS) is 1. The molecule has 3 fully saturated rings. The first-order chi connectivity index (χ1) is 17.3. The topological polar surface area (TPSA) is 306 Å². The number of carboxylic acids is 1. The van der Waals surface area contributed by atoms with E-state index in [-0.39, 0.29) is 0 Å². The van der Waals surface area contributed by atoms with E-state index in [2.05, 4.69) is 0 Å². The van der Waals surface area contributed by atoms with Crippen molar-refractivity contribution in [2.75, 3.05) is 19.8 Å². The molecule has 0 amide bonds. The van der Waals surface area contributed by atoms with E-state index in [0.29, 0.717) is 0 Å². The van der Waals surface area contributed by atoms with Gasteiger partial charge in [-0.15, -0.1) is 0 Å². The normalized spacial score (nSPS) is 51.1. The van der Waals surface area contributed by atoms with Gasteiger partial charge in [0.15, 0.2) is 12.6 Å². The number of rotatable bonds is 8. The van der Waals surface area contributed by atoms with Crippen LogP contribution in [0, 0.1) is 0 Å². The number of carbonyl (C=O) groups is 1. The van der Waals surface area contributed by atoms with E-state index in [9.17, 15) is 66.1 Å². The van der Waals surface area contributed by atoms with Crippen LogP contribution in [-0.2, 0) is 28.5 Å². The van der Waals surface area contributed by atoms with Crippen molar-refractivity contribution < 1.29 is 89.8 Å². The fraction of sp³-hybridized carbons (Fsp3) is 0.947. The second-order valence-electron chi connectivity index (χ2n) is 8.86. The Morgan fingerprint density at radius 1 is 0.676 bits per heavy atom.